The van der Waals surface area contributed by atoms with Crippen LogP contribution in [-0.4, -0.2) is 15.9 Å². The molecule has 0 atom stereocenters. The third kappa shape index (κ3) is 2.57. The second-order valence-electron chi connectivity index (χ2n) is 3.62. The lowest BCUT2D eigenvalue weighted by Gasteiger charge is -2.07. The lowest BCUT2D eigenvalue weighted by molar-refractivity contribution is 0.102. The van der Waals surface area contributed by atoms with Gasteiger partial charge in [0.1, 0.15) is 0 Å². The first-order valence-electron chi connectivity index (χ1n) is 5.10. The summed E-state index contributed by atoms with van der Waals surface area (Å²) in [5, 5.41) is 2.66. The number of aryl methyl sites for hydroxylation is 1. The van der Waals surface area contributed by atoms with Crippen molar-refractivity contribution in [3.05, 3.63) is 47.9 Å². The topological polar surface area (TPSA) is 80.9 Å². The number of hydrogen-bond acceptors (Lipinski definition) is 4. The third-order valence-corrected chi connectivity index (χ3v) is 2.31. The van der Waals surface area contributed by atoms with E-state index in [0.717, 1.165) is 5.56 Å². The molecule has 5 nitrogen and oxygen atoms in total. The molecule has 0 saturated heterocycles. The summed E-state index contributed by atoms with van der Waals surface area (Å²) in [6.45, 7) is 1.85. The number of nitrogens with zero attached hydrogens (tertiary/aromatic N) is 2. The molecule has 1 heterocycles. The summed E-state index contributed by atoms with van der Waals surface area (Å²) < 4.78 is 0. The number of hydrogen-bond donors (Lipinski definition) is 2. The van der Waals surface area contributed by atoms with Crippen LogP contribution in [0, 0.1) is 6.92 Å². The number of carbonyl (C=O) groups excluding carboxylic acids is 1. The molecule has 1 aromatic carbocycles. The average Bonchev–Trinajstić information content (AvgIpc) is 2.33. The molecule has 0 radical (unpaired) electrons. The highest BCUT2D eigenvalue weighted by molar-refractivity contribution is 6.05. The van der Waals surface area contributed by atoms with Gasteiger partial charge in [-0.15, -0.1) is 0 Å². The number of aromatic nitrogens is 2. The Morgan fingerprint density at radius 1 is 1.35 bits per heavy atom. The monoisotopic (exact) mass is 228 g/mol. The Kier molecular flexibility index (Phi) is 3.00. The Morgan fingerprint density at radius 3 is 2.88 bits per heavy atom. The summed E-state index contributed by atoms with van der Waals surface area (Å²) in [4.78, 5) is 19.8. The van der Waals surface area contributed by atoms with Gasteiger partial charge in [-0.25, -0.2) is 4.98 Å². The summed E-state index contributed by atoms with van der Waals surface area (Å²) in [6.07, 6.45) is 4.54. The molecule has 2 aromatic rings. The Balaban J connectivity index is 2.23. The first kappa shape index (κ1) is 11.1. The molecule has 0 saturated carbocycles. The van der Waals surface area contributed by atoms with Crippen molar-refractivity contribution in [3.8, 4) is 0 Å². The van der Waals surface area contributed by atoms with Gasteiger partial charge >= 0.3 is 0 Å². The van der Waals surface area contributed by atoms with Gasteiger partial charge < -0.3 is 11.1 Å². The molecule has 0 spiro atoms. The lowest BCUT2D eigenvalue weighted by Crippen LogP contribution is -2.14. The first-order chi connectivity index (χ1) is 8.16. The van der Waals surface area contributed by atoms with Crippen LogP contribution in [0.1, 0.15) is 15.9 Å². The molecule has 0 bridgehead atoms. The van der Waals surface area contributed by atoms with Gasteiger partial charge in [0.05, 0.1) is 6.20 Å². The zero-order chi connectivity index (χ0) is 12.3. The second kappa shape index (κ2) is 4.61. The quantitative estimate of drug-likeness (QED) is 0.765. The molecule has 86 valence electrons. The summed E-state index contributed by atoms with van der Waals surface area (Å²) in [7, 11) is 0. The molecule has 0 aliphatic carbocycles. The Bertz CT molecular complexity index is 539. The van der Waals surface area contributed by atoms with E-state index in [9.17, 15) is 4.79 Å². The van der Waals surface area contributed by atoms with E-state index >= 15 is 0 Å². The van der Waals surface area contributed by atoms with E-state index in [1.165, 1.54) is 12.4 Å². The maximum atomic E-state index is 12.0. The van der Waals surface area contributed by atoms with Crippen LogP contribution in [0.5, 0.6) is 0 Å². The van der Waals surface area contributed by atoms with Crippen LogP contribution in [0.25, 0.3) is 0 Å². The highest BCUT2D eigenvalue weighted by Crippen LogP contribution is 2.14. The van der Waals surface area contributed by atoms with Crippen LogP contribution in [0.4, 0.5) is 11.5 Å². The first-order valence-corrected chi connectivity index (χ1v) is 5.10. The molecule has 0 aliphatic rings. The number of rotatable bonds is 2. The van der Waals surface area contributed by atoms with Crippen molar-refractivity contribution in [2.75, 3.05) is 11.1 Å². The lowest BCUT2D eigenvalue weighted by atomic mass is 10.1. The second-order valence-corrected chi connectivity index (χ2v) is 3.62. The van der Waals surface area contributed by atoms with Crippen molar-refractivity contribution >= 4 is 17.4 Å². The summed E-state index contributed by atoms with van der Waals surface area (Å²) in [5.74, 6) is 0.176. The molecule has 3 N–H and O–H groups in total. The Morgan fingerprint density at radius 2 is 2.18 bits per heavy atom. The number of amides is 1. The average molecular weight is 228 g/mol. The van der Waals surface area contributed by atoms with Crippen LogP contribution in [0.15, 0.2) is 36.8 Å². The van der Waals surface area contributed by atoms with E-state index in [-0.39, 0.29) is 5.91 Å². The fraction of sp³-hybridized carbons (Fsp3) is 0.0833. The van der Waals surface area contributed by atoms with Crippen molar-refractivity contribution in [1.82, 2.24) is 9.97 Å². The van der Waals surface area contributed by atoms with Gasteiger partial charge in [-0.2, -0.15) is 0 Å². The van der Waals surface area contributed by atoms with Gasteiger partial charge in [-0.3, -0.25) is 9.78 Å². The molecule has 17 heavy (non-hydrogen) atoms. The minimum absolute atomic E-state index is 0.240. The SMILES string of the molecule is Cc1ccc(N)cc1C(=O)Nc1cnccn1. The maximum Gasteiger partial charge on any atom is 0.257 e. The zero-order valence-corrected chi connectivity index (χ0v) is 9.34. The van der Waals surface area contributed by atoms with E-state index in [1.807, 2.05) is 6.92 Å². The van der Waals surface area contributed by atoms with E-state index in [1.54, 1.807) is 24.4 Å². The fourth-order valence-corrected chi connectivity index (χ4v) is 1.43. The van der Waals surface area contributed by atoms with E-state index in [4.69, 9.17) is 5.73 Å². The molecule has 0 aliphatic heterocycles. The number of benzene rings is 1. The fourth-order valence-electron chi connectivity index (χ4n) is 1.43. The number of nitrogens with two attached hydrogens (primary N) is 1. The van der Waals surface area contributed by atoms with Crippen LogP contribution in [0.2, 0.25) is 0 Å². The molecule has 2 rings (SSSR count). The van der Waals surface area contributed by atoms with Gasteiger partial charge in [-0.1, -0.05) is 6.07 Å². The van der Waals surface area contributed by atoms with Gasteiger partial charge in [0.15, 0.2) is 5.82 Å². The Labute approximate surface area is 98.7 Å². The molecule has 1 amide bonds. The van der Waals surface area contributed by atoms with Gasteiger partial charge in [0.2, 0.25) is 0 Å². The smallest absolute Gasteiger partial charge is 0.257 e. The summed E-state index contributed by atoms with van der Waals surface area (Å²) in [6, 6.07) is 5.20. The van der Waals surface area contributed by atoms with Crippen molar-refractivity contribution in [1.29, 1.82) is 0 Å². The van der Waals surface area contributed by atoms with Gasteiger partial charge in [0, 0.05) is 23.6 Å². The van der Waals surface area contributed by atoms with Crippen molar-refractivity contribution in [2.45, 2.75) is 6.92 Å². The van der Waals surface area contributed by atoms with Crippen molar-refractivity contribution in [3.63, 3.8) is 0 Å². The van der Waals surface area contributed by atoms with Crippen LogP contribution < -0.4 is 11.1 Å². The Hall–Kier alpha value is -2.43. The number of carbonyl (C=O) groups is 1. The molecular formula is C12H12N4O. The standard InChI is InChI=1S/C12H12N4O/c1-8-2-3-9(13)6-10(8)12(17)16-11-7-14-4-5-15-11/h2-7H,13H2,1H3,(H,15,16,17). The minimum atomic E-state index is -0.240. The largest absolute Gasteiger partial charge is 0.399 e. The number of nitrogens with one attached hydrogen (secondary N) is 1. The summed E-state index contributed by atoms with van der Waals surface area (Å²) in [5.41, 5.74) is 7.61. The third-order valence-electron chi connectivity index (χ3n) is 2.31. The predicted octanol–water partition coefficient (Wildman–Crippen LogP) is 1.62. The van der Waals surface area contributed by atoms with Gasteiger partial charge in [-0.05, 0) is 24.6 Å². The predicted molar refractivity (Wildman–Crippen MR) is 65.6 cm³/mol. The molecule has 0 fully saturated rings. The van der Waals surface area contributed by atoms with Crippen molar-refractivity contribution in [2.24, 2.45) is 0 Å². The van der Waals surface area contributed by atoms with E-state index in [2.05, 4.69) is 15.3 Å². The normalized spacial score (nSPS) is 9.94. The highest BCUT2D eigenvalue weighted by atomic mass is 16.1. The molecule has 1 aromatic heterocycles. The van der Waals surface area contributed by atoms with Crippen LogP contribution >= 0.6 is 0 Å². The molecular weight excluding hydrogens is 216 g/mol. The zero-order valence-electron chi connectivity index (χ0n) is 9.34. The van der Waals surface area contributed by atoms with Crippen LogP contribution in [-0.2, 0) is 0 Å². The highest BCUT2D eigenvalue weighted by Gasteiger charge is 2.10. The summed E-state index contributed by atoms with van der Waals surface area (Å²) >= 11 is 0. The van der Waals surface area contributed by atoms with Gasteiger partial charge in [0.25, 0.3) is 5.91 Å². The van der Waals surface area contributed by atoms with E-state index in [0.29, 0.717) is 17.1 Å². The van der Waals surface area contributed by atoms with Crippen molar-refractivity contribution < 1.29 is 4.79 Å². The molecule has 5 heteroatoms. The van der Waals surface area contributed by atoms with E-state index < -0.39 is 0 Å². The van der Waals surface area contributed by atoms with Crippen LogP contribution in [0.3, 0.4) is 0 Å². The minimum Gasteiger partial charge on any atom is -0.399 e. The number of anilines is 2. The molecule has 0 unspecified atom stereocenters. The maximum absolute atomic E-state index is 12.0. The number of nitrogen functional groups attached to an aromatic ring is 1.